The summed E-state index contributed by atoms with van der Waals surface area (Å²) in [5, 5.41) is 1.97. The van der Waals surface area contributed by atoms with E-state index in [2.05, 4.69) is 83.6 Å². The van der Waals surface area contributed by atoms with E-state index in [0.717, 1.165) is 107 Å². The van der Waals surface area contributed by atoms with Crippen LogP contribution < -0.4 is 18.9 Å². The van der Waals surface area contributed by atoms with Crippen LogP contribution in [0.2, 0.25) is 0 Å². The van der Waals surface area contributed by atoms with E-state index in [1.54, 1.807) is 14.2 Å². The van der Waals surface area contributed by atoms with E-state index >= 15 is 0 Å². The molecule has 6 aliphatic heterocycles. The zero-order valence-corrected chi connectivity index (χ0v) is 37.7. The highest BCUT2D eigenvalue weighted by Gasteiger charge is 2.46. The first kappa shape index (κ1) is 42.0. The number of benzene rings is 4. The summed E-state index contributed by atoms with van der Waals surface area (Å²) in [5.74, 6) is 4.84. The lowest BCUT2D eigenvalue weighted by atomic mass is 9.73. The summed E-state index contributed by atoms with van der Waals surface area (Å²) >= 11 is 0. The molecule has 0 radical (unpaired) electrons. The molecule has 4 aromatic carbocycles. The van der Waals surface area contributed by atoms with Gasteiger partial charge in [-0.1, -0.05) is 72.8 Å². The molecule has 10 nitrogen and oxygen atoms in total. The molecule has 6 saturated heterocycles. The van der Waals surface area contributed by atoms with Crippen LogP contribution in [0.3, 0.4) is 0 Å². The fourth-order valence-electron chi connectivity index (χ4n) is 11.5. The second-order valence-electron chi connectivity index (χ2n) is 18.4. The largest absolute Gasteiger partial charge is 0.497 e. The maximum absolute atomic E-state index is 7.73. The molecule has 10 heteroatoms. The molecule has 0 saturated carbocycles. The summed E-state index contributed by atoms with van der Waals surface area (Å²) < 4.78 is 27.1. The molecule has 7 aromatic rings. The Kier molecular flexibility index (Phi) is 11.5. The molecule has 10 atom stereocenters. The van der Waals surface area contributed by atoms with Crippen molar-refractivity contribution in [2.24, 2.45) is 23.7 Å². The first-order chi connectivity index (χ1) is 32.5. The molecular formula is C56H56N6O4. The van der Waals surface area contributed by atoms with Crippen LogP contribution >= 0.6 is 0 Å². The van der Waals surface area contributed by atoms with Crippen molar-refractivity contribution in [3.63, 3.8) is 0 Å². The zero-order valence-electron chi connectivity index (χ0n) is 37.7. The molecule has 3 aromatic heterocycles. The highest BCUT2D eigenvalue weighted by molar-refractivity contribution is 5.85. The van der Waals surface area contributed by atoms with E-state index in [9.17, 15) is 0 Å². The van der Waals surface area contributed by atoms with Crippen molar-refractivity contribution in [3.05, 3.63) is 158 Å². The van der Waals surface area contributed by atoms with Gasteiger partial charge in [0.15, 0.2) is 5.82 Å². The van der Waals surface area contributed by atoms with Crippen molar-refractivity contribution in [2.75, 3.05) is 40.4 Å². The van der Waals surface area contributed by atoms with Crippen molar-refractivity contribution in [1.29, 1.82) is 0 Å². The number of ether oxygens (including phenoxy) is 4. The Labute approximate surface area is 387 Å². The lowest BCUT2D eigenvalue weighted by Gasteiger charge is -2.51. The topological polar surface area (TPSA) is 95.0 Å². The van der Waals surface area contributed by atoms with Gasteiger partial charge in [0, 0.05) is 52.9 Å². The third-order valence-electron chi connectivity index (χ3n) is 15.0. The molecule has 6 fully saturated rings. The van der Waals surface area contributed by atoms with Gasteiger partial charge in [0.25, 0.3) is 0 Å². The first-order valence-corrected chi connectivity index (χ1v) is 23.4. The van der Waals surface area contributed by atoms with Crippen LogP contribution in [0.4, 0.5) is 0 Å². The summed E-state index contributed by atoms with van der Waals surface area (Å²) in [5.41, 5.74) is 6.29. The van der Waals surface area contributed by atoms with Crippen molar-refractivity contribution in [3.8, 4) is 45.8 Å². The maximum Gasteiger partial charge on any atom is 0.229 e. The standard InChI is InChI=1S/C56H56N6O4/c1-5-35-33-61-27-23-39(35)29-49(61)52(43-21-25-57-47-19-17-41(63-3)31-45(43)47)65-55-51(37-13-9-7-10-14-37)56(60-54(59-55)38-15-11-8-12-16-38)66-53(50-30-40-24-28-62(50)34-36(40)6-2)44-22-26-58-48-20-18-42(64-4)32-46(44)48/h5-22,25-26,31-32,35-36,39-40,49-50,52-53H,1-2,23-24,27-30,33-34H2,3-4H3/t35-,36+,39-,40-,49+,50-,52?,53-/m1/s1. The van der Waals surface area contributed by atoms with Gasteiger partial charge >= 0.3 is 0 Å². The number of hydrogen-bond donors (Lipinski definition) is 0. The summed E-state index contributed by atoms with van der Waals surface area (Å²) in [6.07, 6.45) is 11.4. The molecule has 0 aliphatic carbocycles. The van der Waals surface area contributed by atoms with Gasteiger partial charge in [0.2, 0.25) is 11.8 Å². The molecule has 3 unspecified atom stereocenters. The number of nitrogens with zero attached hydrogens (tertiary/aromatic N) is 6. The molecule has 66 heavy (non-hydrogen) atoms. The van der Waals surface area contributed by atoms with E-state index in [1.807, 2.05) is 73.1 Å². The molecule has 334 valence electrons. The van der Waals surface area contributed by atoms with Gasteiger partial charge in [-0.15, -0.1) is 13.2 Å². The smallest absolute Gasteiger partial charge is 0.229 e. The van der Waals surface area contributed by atoms with Gasteiger partial charge in [0.05, 0.1) is 37.3 Å². The van der Waals surface area contributed by atoms with E-state index < -0.39 is 12.2 Å². The molecule has 6 aliphatic rings. The normalized spacial score (nSPS) is 25.2. The Hall–Kier alpha value is -6.62. The summed E-state index contributed by atoms with van der Waals surface area (Å²) in [6, 6.07) is 37.0. The summed E-state index contributed by atoms with van der Waals surface area (Å²) in [4.78, 5) is 25.7. The van der Waals surface area contributed by atoms with Crippen LogP contribution in [0.15, 0.2) is 147 Å². The van der Waals surface area contributed by atoms with Crippen molar-refractivity contribution < 1.29 is 18.9 Å². The third-order valence-corrected chi connectivity index (χ3v) is 15.0. The van der Waals surface area contributed by atoms with Crippen molar-refractivity contribution in [1.82, 2.24) is 29.7 Å². The highest BCUT2D eigenvalue weighted by atomic mass is 16.5. The number of rotatable bonds is 14. The van der Waals surface area contributed by atoms with Crippen LogP contribution in [0.5, 0.6) is 23.3 Å². The summed E-state index contributed by atoms with van der Waals surface area (Å²) in [6.45, 7) is 12.3. The van der Waals surface area contributed by atoms with Gasteiger partial charge in [-0.3, -0.25) is 19.8 Å². The molecular weight excluding hydrogens is 821 g/mol. The van der Waals surface area contributed by atoms with Gasteiger partial charge in [-0.2, -0.15) is 9.97 Å². The van der Waals surface area contributed by atoms with Gasteiger partial charge in [-0.25, -0.2) is 0 Å². The second-order valence-corrected chi connectivity index (χ2v) is 18.4. The van der Waals surface area contributed by atoms with Gasteiger partial charge in [0.1, 0.15) is 29.3 Å². The zero-order chi connectivity index (χ0) is 44.7. The molecule has 0 spiro atoms. The van der Waals surface area contributed by atoms with Crippen LogP contribution in [0.25, 0.3) is 44.3 Å². The molecule has 4 bridgehead atoms. The fourth-order valence-corrected chi connectivity index (χ4v) is 11.5. The molecule has 0 N–H and O–H groups in total. The second kappa shape index (κ2) is 18.0. The molecule has 0 amide bonds. The summed E-state index contributed by atoms with van der Waals surface area (Å²) in [7, 11) is 3.41. The van der Waals surface area contributed by atoms with Gasteiger partial charge < -0.3 is 18.9 Å². The number of piperidine rings is 6. The number of fused-ring (bicyclic) bond motifs is 8. The average molecular weight is 877 g/mol. The highest BCUT2D eigenvalue weighted by Crippen LogP contribution is 2.49. The minimum absolute atomic E-state index is 0.0502. The minimum atomic E-state index is -0.437. The average Bonchev–Trinajstić information content (AvgIpc) is 3.39. The Balaban J connectivity index is 1.13. The van der Waals surface area contributed by atoms with Crippen LogP contribution in [-0.2, 0) is 0 Å². The van der Waals surface area contributed by atoms with Crippen LogP contribution in [0, 0.1) is 23.7 Å². The predicted octanol–water partition coefficient (Wildman–Crippen LogP) is 11.0. The quantitative estimate of drug-likeness (QED) is 0.0983. The van der Waals surface area contributed by atoms with E-state index in [1.165, 1.54) is 0 Å². The first-order valence-electron chi connectivity index (χ1n) is 23.4. The SMILES string of the molecule is C=C[C@@H]1CN2CC[C@@H]1C[C@H]2C(Oc1nc(-c2ccccc2)nc(O[C@H](c2ccnc3ccc(OC)cc23)[C@H]2C[C@H]3CCN2C[C@@H]3C=C)c1-c1ccccc1)c1ccnc2ccc(OC)cc12. The van der Waals surface area contributed by atoms with E-state index in [-0.39, 0.29) is 12.1 Å². The lowest BCUT2D eigenvalue weighted by Crippen LogP contribution is -2.55. The number of pyridine rings is 2. The fraction of sp³-hybridized carbons (Fsp3) is 0.321. The predicted molar refractivity (Wildman–Crippen MR) is 260 cm³/mol. The van der Waals surface area contributed by atoms with E-state index in [0.29, 0.717) is 46.8 Å². The van der Waals surface area contributed by atoms with Crippen molar-refractivity contribution >= 4 is 21.8 Å². The Morgan fingerprint density at radius 1 is 0.591 bits per heavy atom. The number of hydrogen-bond acceptors (Lipinski definition) is 10. The maximum atomic E-state index is 7.73. The molecule has 13 rings (SSSR count). The number of methoxy groups -OCH3 is 2. The lowest BCUT2D eigenvalue weighted by molar-refractivity contribution is -0.0388. The van der Waals surface area contributed by atoms with Crippen molar-refractivity contribution in [2.45, 2.75) is 50.0 Å². The third kappa shape index (κ3) is 7.75. The Morgan fingerprint density at radius 3 is 1.48 bits per heavy atom. The van der Waals surface area contributed by atoms with E-state index in [4.69, 9.17) is 38.9 Å². The Morgan fingerprint density at radius 2 is 1.06 bits per heavy atom. The number of aromatic nitrogens is 4. The Bertz CT molecular complexity index is 2740. The van der Waals surface area contributed by atoms with Gasteiger partial charge in [-0.05, 0) is 117 Å². The van der Waals surface area contributed by atoms with Crippen LogP contribution in [-0.4, -0.2) is 82.2 Å². The monoisotopic (exact) mass is 876 g/mol. The minimum Gasteiger partial charge on any atom is -0.497 e. The van der Waals surface area contributed by atoms with Crippen LogP contribution in [0.1, 0.15) is 49.0 Å². The molecule has 9 heterocycles.